The average Bonchev–Trinajstić information content (AvgIpc) is 3.55. The molecule has 0 radical (unpaired) electrons. The monoisotopic (exact) mass is 457 g/mol. The minimum absolute atomic E-state index is 0.0496. The van der Waals surface area contributed by atoms with E-state index in [-0.39, 0.29) is 23.6 Å². The van der Waals surface area contributed by atoms with E-state index in [1.807, 2.05) is 36.5 Å². The van der Waals surface area contributed by atoms with Crippen molar-refractivity contribution in [1.82, 2.24) is 39.6 Å². The van der Waals surface area contributed by atoms with Crippen LogP contribution in [0.3, 0.4) is 0 Å². The van der Waals surface area contributed by atoms with Crippen molar-refractivity contribution in [3.63, 3.8) is 0 Å². The van der Waals surface area contributed by atoms with Crippen molar-refractivity contribution < 1.29 is 14.1 Å². The van der Waals surface area contributed by atoms with Crippen molar-refractivity contribution in [2.45, 2.75) is 13.5 Å². The smallest absolute Gasteiger partial charge is 0.275 e. The Bertz CT molecular complexity index is 1500. The molecule has 12 nitrogen and oxygen atoms in total. The number of imidazole rings is 1. The van der Waals surface area contributed by atoms with Gasteiger partial charge in [-0.25, -0.2) is 4.98 Å². The van der Waals surface area contributed by atoms with Crippen molar-refractivity contribution >= 4 is 23.4 Å². The first-order valence-corrected chi connectivity index (χ1v) is 10.3. The second-order valence-corrected chi connectivity index (χ2v) is 7.41. The fraction of sp³-hybridized carbons (Fsp3) is 0.136. The summed E-state index contributed by atoms with van der Waals surface area (Å²) in [6, 6.07) is 11.4. The summed E-state index contributed by atoms with van der Waals surface area (Å²) in [5, 5.41) is 13.2. The van der Waals surface area contributed by atoms with Crippen molar-refractivity contribution in [3.05, 3.63) is 78.0 Å². The van der Waals surface area contributed by atoms with E-state index >= 15 is 0 Å². The Morgan fingerprint density at radius 1 is 1.06 bits per heavy atom. The highest BCUT2D eigenvalue weighted by atomic mass is 16.5. The first-order chi connectivity index (χ1) is 16.5. The Balaban J connectivity index is 1.34. The number of rotatable bonds is 6. The molecule has 2 amide bonds. The molecule has 0 saturated heterocycles. The number of nitrogens with one attached hydrogen (secondary N) is 2. The highest BCUT2D eigenvalue weighted by Gasteiger charge is 2.23. The van der Waals surface area contributed by atoms with Crippen LogP contribution in [-0.2, 0) is 13.6 Å². The summed E-state index contributed by atoms with van der Waals surface area (Å²) in [5.41, 5.74) is 1.91. The van der Waals surface area contributed by atoms with Gasteiger partial charge >= 0.3 is 0 Å². The molecule has 0 spiro atoms. The van der Waals surface area contributed by atoms with Gasteiger partial charge in [0.1, 0.15) is 11.5 Å². The van der Waals surface area contributed by atoms with Gasteiger partial charge in [-0.05, 0) is 6.07 Å². The van der Waals surface area contributed by atoms with Gasteiger partial charge in [-0.3, -0.25) is 18.7 Å². The molecule has 34 heavy (non-hydrogen) atoms. The molecule has 5 rings (SSSR count). The quantitative estimate of drug-likeness (QED) is 0.394. The maximum atomic E-state index is 13.0. The van der Waals surface area contributed by atoms with Gasteiger partial charge in [0, 0.05) is 31.9 Å². The molecule has 1 aromatic carbocycles. The van der Waals surface area contributed by atoms with Crippen LogP contribution in [0.5, 0.6) is 0 Å². The number of carbonyl (C=O) groups excluding carboxylic acids is 2. The molecule has 0 unspecified atom stereocenters. The highest BCUT2D eigenvalue weighted by Crippen LogP contribution is 2.19. The third-order valence-electron chi connectivity index (χ3n) is 5.01. The largest absolute Gasteiger partial charge is 0.344 e. The van der Waals surface area contributed by atoms with Gasteiger partial charge in [0.25, 0.3) is 11.8 Å². The van der Waals surface area contributed by atoms with E-state index < -0.39 is 11.8 Å². The van der Waals surface area contributed by atoms with E-state index in [2.05, 4.69) is 35.8 Å². The van der Waals surface area contributed by atoms with Crippen LogP contribution in [0.2, 0.25) is 0 Å². The number of benzene rings is 1. The standard InChI is InChI=1S/C22H19N9O3/c1-13-25-18(29-34-13)11-23-20(32)15-10-24-30(2)19(15)21(33)27-17-8-9-31-12-16(26-22(31)28-17)14-6-4-3-5-7-14/h3-10,12H,11H2,1-2H3,(H,23,32)(H,26,27,28,33). The topological polar surface area (TPSA) is 145 Å². The fourth-order valence-electron chi connectivity index (χ4n) is 3.41. The molecule has 4 aromatic heterocycles. The van der Waals surface area contributed by atoms with E-state index in [0.717, 1.165) is 11.3 Å². The maximum Gasteiger partial charge on any atom is 0.275 e. The molecule has 0 saturated carbocycles. The number of anilines is 1. The predicted octanol–water partition coefficient (Wildman–Crippen LogP) is 2.00. The summed E-state index contributed by atoms with van der Waals surface area (Å²) in [7, 11) is 1.58. The molecule has 4 heterocycles. The lowest BCUT2D eigenvalue weighted by atomic mass is 10.2. The number of amides is 2. The highest BCUT2D eigenvalue weighted by molar-refractivity contribution is 6.10. The van der Waals surface area contributed by atoms with Crippen LogP contribution in [0.1, 0.15) is 32.6 Å². The normalized spacial score (nSPS) is 11.0. The molecule has 5 aromatic rings. The Labute approximate surface area is 192 Å². The molecule has 170 valence electrons. The molecular formula is C22H19N9O3. The molecule has 0 bridgehead atoms. The zero-order chi connectivity index (χ0) is 23.7. The van der Waals surface area contributed by atoms with Crippen LogP contribution in [0.25, 0.3) is 17.0 Å². The van der Waals surface area contributed by atoms with Gasteiger partial charge in [-0.15, -0.1) is 0 Å². The molecule has 0 fully saturated rings. The Morgan fingerprint density at radius 2 is 1.88 bits per heavy atom. The predicted molar refractivity (Wildman–Crippen MR) is 120 cm³/mol. The van der Waals surface area contributed by atoms with Gasteiger partial charge in [-0.2, -0.15) is 15.1 Å². The zero-order valence-electron chi connectivity index (χ0n) is 18.3. The van der Waals surface area contributed by atoms with Crippen LogP contribution in [0.4, 0.5) is 5.82 Å². The van der Waals surface area contributed by atoms with E-state index in [9.17, 15) is 9.59 Å². The first kappa shape index (κ1) is 21.0. The fourth-order valence-corrected chi connectivity index (χ4v) is 3.41. The zero-order valence-corrected chi connectivity index (χ0v) is 18.3. The Kier molecular flexibility index (Phi) is 5.30. The first-order valence-electron chi connectivity index (χ1n) is 10.3. The SMILES string of the molecule is Cc1nc(CNC(=O)c2cnn(C)c2C(=O)Nc2ccn3cc(-c4ccccc4)nc3n2)no1. The number of nitrogens with zero attached hydrogens (tertiary/aromatic N) is 7. The third kappa shape index (κ3) is 4.11. The van der Waals surface area contributed by atoms with E-state index in [1.165, 1.54) is 10.9 Å². The molecule has 2 N–H and O–H groups in total. The lowest BCUT2D eigenvalue weighted by Crippen LogP contribution is -2.27. The van der Waals surface area contributed by atoms with Gasteiger partial charge in [0.05, 0.1) is 24.0 Å². The summed E-state index contributed by atoms with van der Waals surface area (Å²) in [5.74, 6) is 0.404. The summed E-state index contributed by atoms with van der Waals surface area (Å²) in [6.07, 6.45) is 4.93. The molecule has 12 heteroatoms. The van der Waals surface area contributed by atoms with Gasteiger partial charge in [-0.1, -0.05) is 35.5 Å². The second-order valence-electron chi connectivity index (χ2n) is 7.41. The number of fused-ring (bicyclic) bond motifs is 1. The number of aryl methyl sites for hydroxylation is 2. The van der Waals surface area contributed by atoms with Crippen LogP contribution < -0.4 is 10.6 Å². The molecule has 0 atom stereocenters. The van der Waals surface area contributed by atoms with E-state index in [4.69, 9.17) is 4.52 Å². The number of carbonyl (C=O) groups is 2. The number of hydrogen-bond donors (Lipinski definition) is 2. The molecule has 0 aliphatic rings. The lowest BCUT2D eigenvalue weighted by molar-refractivity contribution is 0.0935. The van der Waals surface area contributed by atoms with E-state index in [0.29, 0.717) is 17.5 Å². The van der Waals surface area contributed by atoms with Gasteiger partial charge in [0.15, 0.2) is 5.82 Å². The number of aromatic nitrogens is 7. The van der Waals surface area contributed by atoms with Gasteiger partial charge < -0.3 is 15.2 Å². The summed E-state index contributed by atoms with van der Waals surface area (Å²) in [6.45, 7) is 1.70. The molecule has 0 aliphatic heterocycles. The van der Waals surface area contributed by atoms with Crippen molar-refractivity contribution in [3.8, 4) is 11.3 Å². The molecule has 0 aliphatic carbocycles. The summed E-state index contributed by atoms with van der Waals surface area (Å²) >= 11 is 0. The summed E-state index contributed by atoms with van der Waals surface area (Å²) in [4.78, 5) is 38.7. The van der Waals surface area contributed by atoms with Crippen molar-refractivity contribution in [1.29, 1.82) is 0 Å². The van der Waals surface area contributed by atoms with Gasteiger partial charge in [0.2, 0.25) is 11.7 Å². The third-order valence-corrected chi connectivity index (χ3v) is 5.01. The average molecular weight is 457 g/mol. The van der Waals surface area contributed by atoms with Crippen molar-refractivity contribution in [2.75, 3.05) is 5.32 Å². The second kappa shape index (κ2) is 8.58. The van der Waals surface area contributed by atoms with Crippen molar-refractivity contribution in [2.24, 2.45) is 7.05 Å². The number of hydrogen-bond acceptors (Lipinski definition) is 8. The maximum absolute atomic E-state index is 13.0. The van der Waals surface area contributed by atoms with E-state index in [1.54, 1.807) is 30.6 Å². The minimum Gasteiger partial charge on any atom is -0.344 e. The minimum atomic E-state index is -0.535. The Hall–Kier alpha value is -4.87. The lowest BCUT2D eigenvalue weighted by Gasteiger charge is -2.07. The van der Waals surface area contributed by atoms with Crippen LogP contribution >= 0.6 is 0 Å². The molecular weight excluding hydrogens is 438 g/mol. The summed E-state index contributed by atoms with van der Waals surface area (Å²) < 4.78 is 7.97. The van der Waals surface area contributed by atoms with Crippen LogP contribution in [0, 0.1) is 6.92 Å². The van der Waals surface area contributed by atoms with Crippen LogP contribution in [-0.4, -0.2) is 46.1 Å². The Morgan fingerprint density at radius 3 is 2.65 bits per heavy atom. The van der Waals surface area contributed by atoms with Crippen LogP contribution in [0.15, 0.2) is 59.5 Å².